The van der Waals surface area contributed by atoms with Gasteiger partial charge in [-0.15, -0.1) is 11.3 Å². The van der Waals surface area contributed by atoms with E-state index in [1.54, 1.807) is 11.5 Å². The molecule has 0 bridgehead atoms. The molecule has 0 radical (unpaired) electrons. The summed E-state index contributed by atoms with van der Waals surface area (Å²) in [5.41, 5.74) is 0.0763. The minimum atomic E-state index is -1.02. The SMILES string of the molecule is O=C(O)c1csc([C@H]2CC[C@@H]3[C@@H](C=C[C@@H](O)COc4ccccc4)[C@H](O)C[C@@H]3OC2)n1. The molecule has 2 fully saturated rings. The largest absolute Gasteiger partial charge is 0.491 e. The Balaban J connectivity index is 1.35. The van der Waals surface area contributed by atoms with E-state index in [-0.39, 0.29) is 36.2 Å². The number of nitrogens with zero attached hydrogens (tertiary/aromatic N) is 1. The first-order chi connectivity index (χ1) is 15.0. The predicted octanol–water partition coefficient (Wildman–Crippen LogP) is 3.10. The topological polar surface area (TPSA) is 109 Å². The molecular weight excluding hydrogens is 418 g/mol. The summed E-state index contributed by atoms with van der Waals surface area (Å²) < 4.78 is 11.7. The van der Waals surface area contributed by atoms with Crippen molar-refractivity contribution in [2.75, 3.05) is 13.2 Å². The highest BCUT2D eigenvalue weighted by Gasteiger charge is 2.43. The molecule has 7 nitrogen and oxygen atoms in total. The van der Waals surface area contributed by atoms with Crippen molar-refractivity contribution in [3.05, 3.63) is 58.6 Å². The van der Waals surface area contributed by atoms with E-state index in [1.165, 1.54) is 11.3 Å². The number of aromatic carboxylic acids is 1. The molecule has 2 heterocycles. The van der Waals surface area contributed by atoms with Gasteiger partial charge in [0, 0.05) is 23.6 Å². The van der Waals surface area contributed by atoms with Gasteiger partial charge in [-0.05, 0) is 30.9 Å². The number of carboxylic acid groups (broad SMARTS) is 1. The number of para-hydroxylation sites is 1. The van der Waals surface area contributed by atoms with Gasteiger partial charge in [-0.25, -0.2) is 9.78 Å². The number of ether oxygens (including phenoxy) is 2. The van der Waals surface area contributed by atoms with E-state index in [0.717, 1.165) is 17.8 Å². The molecule has 31 heavy (non-hydrogen) atoms. The molecule has 8 heteroatoms. The summed E-state index contributed by atoms with van der Waals surface area (Å²) in [7, 11) is 0. The van der Waals surface area contributed by atoms with Crippen LogP contribution >= 0.6 is 11.3 Å². The number of aliphatic hydroxyl groups is 2. The van der Waals surface area contributed by atoms with Crippen molar-refractivity contribution in [2.24, 2.45) is 11.8 Å². The van der Waals surface area contributed by atoms with Gasteiger partial charge in [0.25, 0.3) is 0 Å². The van der Waals surface area contributed by atoms with Gasteiger partial charge in [0.05, 0.1) is 23.8 Å². The lowest BCUT2D eigenvalue weighted by atomic mass is 9.87. The number of aliphatic hydroxyl groups excluding tert-OH is 2. The van der Waals surface area contributed by atoms with Crippen LogP contribution < -0.4 is 4.74 Å². The Morgan fingerprint density at radius 2 is 2.13 bits per heavy atom. The third-order valence-corrected chi connectivity index (χ3v) is 7.07. The highest BCUT2D eigenvalue weighted by Crippen LogP contribution is 2.43. The second kappa shape index (κ2) is 9.91. The Bertz CT molecular complexity index is 900. The summed E-state index contributed by atoms with van der Waals surface area (Å²) >= 11 is 1.36. The first-order valence-corrected chi connectivity index (χ1v) is 11.4. The fraction of sp³-hybridized carbons (Fsp3) is 0.478. The molecule has 0 spiro atoms. The molecule has 166 valence electrons. The molecular formula is C23H27NO6S. The molecule has 1 saturated carbocycles. The molecule has 6 atom stereocenters. The molecule has 4 rings (SSSR count). The van der Waals surface area contributed by atoms with Crippen LogP contribution in [0.4, 0.5) is 0 Å². The van der Waals surface area contributed by atoms with E-state index in [2.05, 4.69) is 4.98 Å². The number of thiazole rings is 1. The van der Waals surface area contributed by atoms with E-state index in [9.17, 15) is 15.0 Å². The summed E-state index contributed by atoms with van der Waals surface area (Å²) in [6.07, 6.45) is 4.49. The Morgan fingerprint density at radius 3 is 2.87 bits per heavy atom. The van der Waals surface area contributed by atoms with Crippen LogP contribution in [-0.4, -0.2) is 57.8 Å². The Kier molecular flexibility index (Phi) is 7.02. The number of fused-ring (bicyclic) bond motifs is 1. The fourth-order valence-corrected chi connectivity index (χ4v) is 5.35. The van der Waals surface area contributed by atoms with E-state index in [4.69, 9.17) is 14.6 Å². The summed E-state index contributed by atoms with van der Waals surface area (Å²) in [6.45, 7) is 0.621. The van der Waals surface area contributed by atoms with E-state index in [1.807, 2.05) is 36.4 Å². The maximum absolute atomic E-state index is 11.1. The number of carboxylic acids is 1. The third-order valence-electron chi connectivity index (χ3n) is 6.06. The normalized spacial score (nSPS) is 29.4. The highest BCUT2D eigenvalue weighted by molar-refractivity contribution is 7.09. The van der Waals surface area contributed by atoms with Crippen molar-refractivity contribution in [2.45, 2.75) is 43.5 Å². The number of carbonyl (C=O) groups is 1. The average molecular weight is 446 g/mol. The van der Waals surface area contributed by atoms with Gasteiger partial charge in [0.2, 0.25) is 0 Å². The second-order valence-corrected chi connectivity index (χ2v) is 9.03. The summed E-state index contributed by atoms with van der Waals surface area (Å²) in [5, 5.41) is 32.3. The van der Waals surface area contributed by atoms with Gasteiger partial charge in [-0.2, -0.15) is 0 Å². The van der Waals surface area contributed by atoms with Gasteiger partial charge in [0.15, 0.2) is 5.69 Å². The molecule has 2 aromatic rings. The van der Waals surface area contributed by atoms with Crippen molar-refractivity contribution in [3.63, 3.8) is 0 Å². The zero-order valence-corrected chi connectivity index (χ0v) is 17.9. The zero-order chi connectivity index (χ0) is 21.8. The molecule has 1 saturated heterocycles. The Labute approximate surface area is 185 Å². The monoisotopic (exact) mass is 445 g/mol. The second-order valence-electron chi connectivity index (χ2n) is 8.14. The number of hydrogen-bond donors (Lipinski definition) is 3. The molecule has 1 aromatic heterocycles. The van der Waals surface area contributed by atoms with Crippen LogP contribution in [0.3, 0.4) is 0 Å². The number of benzene rings is 1. The minimum absolute atomic E-state index is 0.0498. The molecule has 0 amide bonds. The van der Waals surface area contributed by atoms with Crippen LogP contribution in [-0.2, 0) is 4.74 Å². The standard InChI is InChI=1S/C23H27NO6S/c25-15(12-29-16-4-2-1-3-5-16)7-9-17-18-8-6-14(11-30-21(18)10-20(17)26)22-24-19(13-31-22)23(27)28/h1-5,7,9,13-15,17-18,20-21,25-26H,6,8,10-12H2,(H,27,28)/t14-,15+,17+,18+,20+,21-/m0/s1. The summed E-state index contributed by atoms with van der Waals surface area (Å²) in [5.74, 6) is -0.196. The van der Waals surface area contributed by atoms with Crippen LogP contribution in [0.25, 0.3) is 0 Å². The molecule has 0 unspecified atom stereocenters. The van der Waals surface area contributed by atoms with E-state index >= 15 is 0 Å². The van der Waals surface area contributed by atoms with Crippen LogP contribution in [0.15, 0.2) is 47.9 Å². The average Bonchev–Trinajstić information content (AvgIpc) is 3.31. The van der Waals surface area contributed by atoms with Gasteiger partial charge >= 0.3 is 5.97 Å². The number of aromatic nitrogens is 1. The van der Waals surface area contributed by atoms with Crippen molar-refractivity contribution < 1.29 is 29.6 Å². The quantitative estimate of drug-likeness (QED) is 0.562. The van der Waals surface area contributed by atoms with Crippen molar-refractivity contribution >= 4 is 17.3 Å². The first-order valence-electron chi connectivity index (χ1n) is 10.5. The van der Waals surface area contributed by atoms with Crippen LogP contribution in [0.1, 0.15) is 40.7 Å². The lowest BCUT2D eigenvalue weighted by molar-refractivity contribution is 0.0286. The molecule has 1 aliphatic heterocycles. The Hall–Kier alpha value is -2.26. The summed E-state index contributed by atoms with van der Waals surface area (Å²) in [4.78, 5) is 15.3. The van der Waals surface area contributed by atoms with E-state index < -0.39 is 18.2 Å². The maximum atomic E-state index is 11.1. The predicted molar refractivity (Wildman–Crippen MR) is 115 cm³/mol. The number of hydrogen-bond acceptors (Lipinski definition) is 7. The first kappa shape index (κ1) is 22.0. The van der Waals surface area contributed by atoms with Gasteiger partial charge in [-0.1, -0.05) is 30.4 Å². The molecule has 3 N–H and O–H groups in total. The zero-order valence-electron chi connectivity index (χ0n) is 17.0. The van der Waals surface area contributed by atoms with Crippen molar-refractivity contribution in [3.8, 4) is 5.75 Å². The van der Waals surface area contributed by atoms with Crippen LogP contribution in [0.2, 0.25) is 0 Å². The Morgan fingerprint density at radius 1 is 1.32 bits per heavy atom. The minimum Gasteiger partial charge on any atom is -0.491 e. The van der Waals surface area contributed by atoms with Crippen molar-refractivity contribution in [1.82, 2.24) is 4.98 Å². The molecule has 1 aromatic carbocycles. The van der Waals surface area contributed by atoms with Gasteiger partial charge < -0.3 is 24.8 Å². The fourth-order valence-electron chi connectivity index (χ4n) is 4.44. The van der Waals surface area contributed by atoms with Crippen LogP contribution in [0, 0.1) is 11.8 Å². The van der Waals surface area contributed by atoms with E-state index in [0.29, 0.717) is 18.8 Å². The lowest BCUT2D eigenvalue weighted by Gasteiger charge is -2.21. The smallest absolute Gasteiger partial charge is 0.355 e. The van der Waals surface area contributed by atoms with Crippen LogP contribution in [0.5, 0.6) is 5.75 Å². The lowest BCUT2D eigenvalue weighted by Crippen LogP contribution is -2.22. The van der Waals surface area contributed by atoms with Gasteiger partial charge in [-0.3, -0.25) is 0 Å². The number of rotatable bonds is 7. The third kappa shape index (κ3) is 5.33. The maximum Gasteiger partial charge on any atom is 0.355 e. The molecule has 1 aliphatic carbocycles. The highest BCUT2D eigenvalue weighted by atomic mass is 32.1. The summed E-state index contributed by atoms with van der Waals surface area (Å²) in [6, 6.07) is 9.33. The van der Waals surface area contributed by atoms with Crippen molar-refractivity contribution in [1.29, 1.82) is 0 Å². The van der Waals surface area contributed by atoms with Gasteiger partial charge in [0.1, 0.15) is 18.5 Å². The molecule has 2 aliphatic rings.